The third-order valence-electron chi connectivity index (χ3n) is 2.84. The van der Waals surface area contributed by atoms with E-state index in [1.54, 1.807) is 11.8 Å². The molecule has 1 amide bonds. The molecular weight excluding hydrogens is 363 g/mol. The Morgan fingerprint density at radius 1 is 1.58 bits per heavy atom. The van der Waals surface area contributed by atoms with Crippen LogP contribution < -0.4 is 10.9 Å². The number of hydrogen-bond donors (Lipinski definition) is 2. The van der Waals surface area contributed by atoms with Crippen molar-refractivity contribution in [3.63, 3.8) is 0 Å². The minimum Gasteiger partial charge on any atom is -0.378 e. The number of ether oxygens (including phenoxy) is 1. The maximum atomic E-state index is 12.2. The van der Waals surface area contributed by atoms with E-state index in [4.69, 9.17) is 4.74 Å². The van der Waals surface area contributed by atoms with E-state index >= 15 is 0 Å². The summed E-state index contributed by atoms with van der Waals surface area (Å²) in [4.78, 5) is 31.9. The van der Waals surface area contributed by atoms with Gasteiger partial charge in [-0.1, -0.05) is 0 Å². The van der Waals surface area contributed by atoms with Gasteiger partial charge in [-0.25, -0.2) is 4.98 Å². The first-order valence-electron chi connectivity index (χ1n) is 5.96. The Labute approximate surface area is 123 Å². The molecule has 0 saturated carbocycles. The number of carbonyl (C=O) groups excluding carboxylic acids is 1. The summed E-state index contributed by atoms with van der Waals surface area (Å²) in [7, 11) is 0. The van der Waals surface area contributed by atoms with Gasteiger partial charge >= 0.3 is 0 Å². The largest absolute Gasteiger partial charge is 0.378 e. The predicted octanol–water partition coefficient (Wildman–Crippen LogP) is 0.0337. The molecule has 0 radical (unpaired) electrons. The van der Waals surface area contributed by atoms with E-state index in [2.05, 4.69) is 15.3 Å². The Balaban J connectivity index is 2.03. The third-order valence-corrected chi connectivity index (χ3v) is 3.84. The number of amides is 1. The first-order valence-corrected chi connectivity index (χ1v) is 7.03. The van der Waals surface area contributed by atoms with Crippen molar-refractivity contribution in [2.45, 2.75) is 13.0 Å². The molecule has 7 nitrogen and oxygen atoms in total. The zero-order chi connectivity index (χ0) is 13.8. The first-order chi connectivity index (χ1) is 9.09. The van der Waals surface area contributed by atoms with Gasteiger partial charge in [0.05, 0.1) is 19.5 Å². The molecule has 8 heteroatoms. The van der Waals surface area contributed by atoms with Gasteiger partial charge in [0.25, 0.3) is 5.56 Å². The maximum Gasteiger partial charge on any atom is 0.266 e. The molecule has 2 heterocycles. The summed E-state index contributed by atoms with van der Waals surface area (Å²) in [5, 5.41) is 2.98. The van der Waals surface area contributed by atoms with Gasteiger partial charge in [-0.2, -0.15) is 0 Å². The number of nitrogens with one attached hydrogen (secondary N) is 2. The van der Waals surface area contributed by atoms with Gasteiger partial charge in [-0.05, 0) is 29.5 Å². The standard InChI is InChI=1S/C11H15IN4O3/c1-7(11(18)16-2-4-19-5-3-16)15-9-8(12)10(17)14-6-13-9/h6-7H,2-5H2,1H3,(H2,13,14,15,17). The quantitative estimate of drug-likeness (QED) is 0.726. The van der Waals surface area contributed by atoms with E-state index in [1.807, 2.05) is 22.6 Å². The lowest BCUT2D eigenvalue weighted by Crippen LogP contribution is -2.47. The van der Waals surface area contributed by atoms with E-state index in [0.29, 0.717) is 35.7 Å². The van der Waals surface area contributed by atoms with Crippen LogP contribution in [-0.4, -0.2) is 53.1 Å². The van der Waals surface area contributed by atoms with Crippen LogP contribution >= 0.6 is 22.6 Å². The fourth-order valence-corrected chi connectivity index (χ4v) is 2.26. The number of morpholine rings is 1. The molecule has 1 fully saturated rings. The first kappa shape index (κ1) is 14.3. The molecule has 1 unspecified atom stereocenters. The lowest BCUT2D eigenvalue weighted by Gasteiger charge is -2.29. The highest BCUT2D eigenvalue weighted by Crippen LogP contribution is 2.11. The van der Waals surface area contributed by atoms with Crippen LogP contribution in [0.5, 0.6) is 0 Å². The van der Waals surface area contributed by atoms with Gasteiger partial charge in [0.1, 0.15) is 15.4 Å². The molecule has 0 bridgehead atoms. The van der Waals surface area contributed by atoms with Crippen LogP contribution in [0.3, 0.4) is 0 Å². The number of H-pyrrole nitrogens is 1. The SMILES string of the molecule is CC(Nc1nc[nH]c(=O)c1I)C(=O)N1CCOCC1. The second-order valence-electron chi connectivity index (χ2n) is 4.20. The second kappa shape index (κ2) is 6.33. The number of aromatic amines is 1. The smallest absolute Gasteiger partial charge is 0.266 e. The third kappa shape index (κ3) is 3.44. The van der Waals surface area contributed by atoms with Crippen molar-refractivity contribution in [2.75, 3.05) is 31.6 Å². The lowest BCUT2D eigenvalue weighted by atomic mass is 10.2. The van der Waals surface area contributed by atoms with Crippen molar-refractivity contribution in [2.24, 2.45) is 0 Å². The van der Waals surface area contributed by atoms with E-state index in [-0.39, 0.29) is 11.5 Å². The molecule has 1 aliphatic heterocycles. The monoisotopic (exact) mass is 378 g/mol. The number of nitrogens with zero attached hydrogens (tertiary/aromatic N) is 2. The van der Waals surface area contributed by atoms with E-state index in [0.717, 1.165) is 0 Å². The van der Waals surface area contributed by atoms with Crippen LogP contribution in [0.2, 0.25) is 0 Å². The number of anilines is 1. The number of aromatic nitrogens is 2. The normalized spacial score (nSPS) is 17.1. The zero-order valence-electron chi connectivity index (χ0n) is 10.5. The Hall–Kier alpha value is -1.16. The zero-order valence-corrected chi connectivity index (χ0v) is 12.6. The molecule has 1 atom stereocenters. The van der Waals surface area contributed by atoms with Gasteiger partial charge < -0.3 is 19.9 Å². The minimum atomic E-state index is -0.430. The summed E-state index contributed by atoms with van der Waals surface area (Å²) in [6.45, 7) is 4.10. The van der Waals surface area contributed by atoms with Crippen LogP contribution in [0.4, 0.5) is 5.82 Å². The van der Waals surface area contributed by atoms with Crippen LogP contribution in [0, 0.1) is 3.57 Å². The van der Waals surface area contributed by atoms with Crippen molar-refractivity contribution in [1.29, 1.82) is 0 Å². The molecule has 104 valence electrons. The Morgan fingerprint density at radius 3 is 2.95 bits per heavy atom. The van der Waals surface area contributed by atoms with Crippen molar-refractivity contribution in [3.8, 4) is 0 Å². The lowest BCUT2D eigenvalue weighted by molar-refractivity contribution is -0.135. The average Bonchev–Trinajstić information content (AvgIpc) is 2.44. The van der Waals surface area contributed by atoms with Crippen LogP contribution in [0.25, 0.3) is 0 Å². The molecule has 1 saturated heterocycles. The Morgan fingerprint density at radius 2 is 2.26 bits per heavy atom. The van der Waals surface area contributed by atoms with Crippen molar-refractivity contribution in [1.82, 2.24) is 14.9 Å². The summed E-state index contributed by atoms with van der Waals surface area (Å²) < 4.78 is 5.66. The van der Waals surface area contributed by atoms with E-state index < -0.39 is 6.04 Å². The van der Waals surface area contributed by atoms with Gasteiger partial charge in [0.2, 0.25) is 5.91 Å². The van der Waals surface area contributed by atoms with E-state index in [1.165, 1.54) is 6.33 Å². The van der Waals surface area contributed by atoms with Gasteiger partial charge in [-0.3, -0.25) is 9.59 Å². The van der Waals surface area contributed by atoms with Gasteiger partial charge in [0, 0.05) is 13.1 Å². The van der Waals surface area contributed by atoms with Gasteiger partial charge in [0.15, 0.2) is 0 Å². The van der Waals surface area contributed by atoms with Crippen molar-refractivity contribution in [3.05, 3.63) is 20.3 Å². The molecule has 1 aromatic heterocycles. The molecule has 2 N–H and O–H groups in total. The Bertz CT molecular complexity index is 513. The minimum absolute atomic E-state index is 0.0128. The van der Waals surface area contributed by atoms with Crippen molar-refractivity contribution >= 4 is 34.3 Å². The average molecular weight is 378 g/mol. The fourth-order valence-electron chi connectivity index (χ4n) is 1.81. The van der Waals surface area contributed by atoms with Crippen molar-refractivity contribution < 1.29 is 9.53 Å². The number of carbonyl (C=O) groups is 1. The molecule has 1 aliphatic rings. The molecule has 0 spiro atoms. The second-order valence-corrected chi connectivity index (χ2v) is 5.28. The predicted molar refractivity (Wildman–Crippen MR) is 78.1 cm³/mol. The maximum absolute atomic E-state index is 12.2. The summed E-state index contributed by atoms with van der Waals surface area (Å²) >= 11 is 1.90. The summed E-state index contributed by atoms with van der Waals surface area (Å²) in [5.74, 6) is 0.416. The highest BCUT2D eigenvalue weighted by atomic mass is 127. The van der Waals surface area contributed by atoms with Crippen LogP contribution in [0.15, 0.2) is 11.1 Å². The molecule has 19 heavy (non-hydrogen) atoms. The molecular formula is C11H15IN4O3. The molecule has 0 aliphatic carbocycles. The summed E-state index contributed by atoms with van der Waals surface area (Å²) in [6.07, 6.45) is 1.32. The highest BCUT2D eigenvalue weighted by Gasteiger charge is 2.23. The topological polar surface area (TPSA) is 87.3 Å². The fraction of sp³-hybridized carbons (Fsp3) is 0.545. The number of hydrogen-bond acceptors (Lipinski definition) is 5. The van der Waals surface area contributed by atoms with Crippen LogP contribution in [0.1, 0.15) is 6.92 Å². The molecule has 1 aromatic rings. The summed E-state index contributed by atoms with van der Waals surface area (Å²) in [5.41, 5.74) is -0.218. The van der Waals surface area contributed by atoms with E-state index in [9.17, 15) is 9.59 Å². The summed E-state index contributed by atoms with van der Waals surface area (Å²) in [6, 6.07) is -0.430. The van der Waals surface area contributed by atoms with Gasteiger partial charge in [-0.15, -0.1) is 0 Å². The van der Waals surface area contributed by atoms with Crippen LogP contribution in [-0.2, 0) is 9.53 Å². The highest BCUT2D eigenvalue weighted by molar-refractivity contribution is 14.1. The Kier molecular flexibility index (Phi) is 4.75. The number of rotatable bonds is 3. The molecule has 0 aromatic carbocycles. The number of halogens is 1. The molecule has 2 rings (SSSR count).